The number of benzene rings is 1. The third kappa shape index (κ3) is 4.08. The van der Waals surface area contributed by atoms with Gasteiger partial charge in [0.15, 0.2) is 6.04 Å². The summed E-state index contributed by atoms with van der Waals surface area (Å²) >= 11 is 1.61. The predicted octanol–water partition coefficient (Wildman–Crippen LogP) is 3.03. The van der Waals surface area contributed by atoms with Gasteiger partial charge >= 0.3 is 0 Å². The fourth-order valence-corrected chi connectivity index (χ4v) is 3.49. The molecule has 2 heterocycles. The molecule has 132 valence electrons. The van der Waals surface area contributed by atoms with E-state index in [4.69, 9.17) is 4.42 Å². The average molecular weight is 358 g/mol. The van der Waals surface area contributed by atoms with Crippen LogP contribution >= 0.6 is 11.3 Å². The molecular weight excluding hydrogens is 332 g/mol. The number of nitrogens with one attached hydrogen (secondary N) is 1. The fraction of sp³-hybridized carbons (Fsp3) is 0.368. The lowest BCUT2D eigenvalue weighted by molar-refractivity contribution is -0.942. The maximum absolute atomic E-state index is 5.92. The maximum atomic E-state index is 5.92. The van der Waals surface area contributed by atoms with Gasteiger partial charge in [0.1, 0.15) is 6.54 Å². The second-order valence-corrected chi connectivity index (χ2v) is 7.34. The molecule has 5 nitrogen and oxygen atoms in total. The number of aromatic nitrogens is 2. The van der Waals surface area contributed by atoms with E-state index in [0.717, 1.165) is 18.0 Å². The van der Waals surface area contributed by atoms with Crippen LogP contribution in [0.5, 0.6) is 0 Å². The van der Waals surface area contributed by atoms with E-state index in [1.165, 1.54) is 16.2 Å². The molecule has 25 heavy (non-hydrogen) atoms. The van der Waals surface area contributed by atoms with E-state index in [1.54, 1.807) is 11.3 Å². The first-order valence-electron chi connectivity index (χ1n) is 8.56. The molecule has 0 fully saturated rings. The number of hydrogen-bond acceptors (Lipinski definition) is 5. The quantitative estimate of drug-likeness (QED) is 0.706. The monoisotopic (exact) mass is 357 g/mol. The molecule has 1 N–H and O–H groups in total. The highest BCUT2D eigenvalue weighted by atomic mass is 32.1. The zero-order valence-electron chi connectivity index (χ0n) is 15.2. The Balaban J connectivity index is 1.71. The van der Waals surface area contributed by atoms with Crippen molar-refractivity contribution in [3.63, 3.8) is 0 Å². The lowest BCUT2D eigenvalue weighted by Gasteiger charge is -2.22. The highest BCUT2D eigenvalue weighted by molar-refractivity contribution is 7.13. The normalized spacial score (nSPS) is 13.6. The summed E-state index contributed by atoms with van der Waals surface area (Å²) in [5.41, 5.74) is 2.53. The molecule has 0 saturated heterocycles. The zero-order chi connectivity index (χ0) is 17.8. The topological polar surface area (TPSA) is 46.6 Å². The van der Waals surface area contributed by atoms with E-state index in [9.17, 15) is 0 Å². The van der Waals surface area contributed by atoms with Crippen molar-refractivity contribution >= 4 is 17.0 Å². The van der Waals surface area contributed by atoms with Crippen molar-refractivity contribution in [3.05, 3.63) is 53.2 Å². The van der Waals surface area contributed by atoms with Crippen molar-refractivity contribution in [2.45, 2.75) is 26.4 Å². The number of hydrogen-bond donors (Lipinski definition) is 1. The molecule has 0 aliphatic rings. The van der Waals surface area contributed by atoms with Crippen LogP contribution in [0.1, 0.15) is 31.3 Å². The van der Waals surface area contributed by atoms with Gasteiger partial charge in [-0.05, 0) is 37.4 Å². The van der Waals surface area contributed by atoms with E-state index in [-0.39, 0.29) is 6.04 Å². The zero-order valence-corrected chi connectivity index (χ0v) is 16.0. The third-order valence-electron chi connectivity index (χ3n) is 4.49. The first-order chi connectivity index (χ1) is 12.1. The molecule has 1 aromatic carbocycles. The lowest BCUT2D eigenvalue weighted by Crippen LogP contribution is -3.10. The minimum atomic E-state index is 0.153. The van der Waals surface area contributed by atoms with E-state index >= 15 is 0 Å². The van der Waals surface area contributed by atoms with Gasteiger partial charge in [-0.1, -0.05) is 18.2 Å². The Morgan fingerprint density at radius 2 is 1.92 bits per heavy atom. The standard InChI is InChI=1S/C19H24N4OS/c1-5-23(13-15-8-10-16(11-9-15)22(3)4)14(2)18-20-21-19(24-18)17-7-6-12-25-17/h6-12,14H,5,13H2,1-4H3/p+1/t14-/m0/s1. The van der Waals surface area contributed by atoms with Crippen LogP contribution in [-0.4, -0.2) is 30.8 Å². The number of nitrogens with zero attached hydrogens (tertiary/aromatic N) is 3. The van der Waals surface area contributed by atoms with Crippen LogP contribution in [0.2, 0.25) is 0 Å². The molecule has 0 spiro atoms. The molecule has 2 atom stereocenters. The summed E-state index contributed by atoms with van der Waals surface area (Å²) in [6.07, 6.45) is 0. The number of quaternary nitrogens is 1. The molecule has 0 aliphatic carbocycles. The van der Waals surface area contributed by atoms with E-state index in [0.29, 0.717) is 11.8 Å². The van der Waals surface area contributed by atoms with Crippen molar-refractivity contribution in [1.29, 1.82) is 0 Å². The summed E-state index contributed by atoms with van der Waals surface area (Å²) in [6, 6.07) is 12.9. The molecule has 3 aromatic rings. The Labute approximate surface area is 152 Å². The van der Waals surface area contributed by atoms with Gasteiger partial charge in [0, 0.05) is 25.3 Å². The van der Waals surface area contributed by atoms with E-state index in [1.807, 2.05) is 17.5 Å². The van der Waals surface area contributed by atoms with Crippen LogP contribution < -0.4 is 9.80 Å². The first kappa shape index (κ1) is 17.6. The van der Waals surface area contributed by atoms with Gasteiger partial charge in [-0.25, -0.2) is 0 Å². The number of rotatable bonds is 7. The number of thiophene rings is 1. The summed E-state index contributed by atoms with van der Waals surface area (Å²) in [5, 5.41) is 10.5. The second-order valence-electron chi connectivity index (χ2n) is 6.39. The van der Waals surface area contributed by atoms with Crippen molar-refractivity contribution < 1.29 is 9.32 Å². The Morgan fingerprint density at radius 3 is 2.52 bits per heavy atom. The minimum Gasteiger partial charge on any atom is -0.414 e. The van der Waals surface area contributed by atoms with Crippen LogP contribution in [-0.2, 0) is 6.54 Å². The molecule has 0 radical (unpaired) electrons. The van der Waals surface area contributed by atoms with Crippen LogP contribution in [0, 0.1) is 0 Å². The van der Waals surface area contributed by atoms with Gasteiger partial charge in [-0.3, -0.25) is 0 Å². The van der Waals surface area contributed by atoms with E-state index in [2.05, 4.69) is 67.3 Å². The summed E-state index contributed by atoms with van der Waals surface area (Å²) in [7, 11) is 4.11. The van der Waals surface area contributed by atoms with Gasteiger partial charge in [0.2, 0.25) is 0 Å². The Bertz CT molecular complexity index is 780. The van der Waals surface area contributed by atoms with Crippen LogP contribution in [0.3, 0.4) is 0 Å². The summed E-state index contributed by atoms with van der Waals surface area (Å²) in [5.74, 6) is 1.31. The predicted molar refractivity (Wildman–Crippen MR) is 102 cm³/mol. The molecule has 6 heteroatoms. The van der Waals surface area contributed by atoms with Crippen molar-refractivity contribution in [2.75, 3.05) is 25.5 Å². The minimum absolute atomic E-state index is 0.153. The fourth-order valence-electron chi connectivity index (χ4n) is 2.84. The van der Waals surface area contributed by atoms with Crippen molar-refractivity contribution in [2.24, 2.45) is 0 Å². The highest BCUT2D eigenvalue weighted by Gasteiger charge is 2.24. The maximum Gasteiger partial charge on any atom is 0.274 e. The van der Waals surface area contributed by atoms with Gasteiger partial charge in [-0.15, -0.1) is 21.5 Å². The Hall–Kier alpha value is -2.18. The molecular formula is C19H25N4OS+. The lowest BCUT2D eigenvalue weighted by atomic mass is 10.1. The van der Waals surface area contributed by atoms with Crippen molar-refractivity contribution in [3.8, 4) is 10.8 Å². The summed E-state index contributed by atoms with van der Waals surface area (Å²) < 4.78 is 5.92. The Morgan fingerprint density at radius 1 is 1.16 bits per heavy atom. The van der Waals surface area contributed by atoms with Gasteiger partial charge in [0.05, 0.1) is 11.4 Å². The van der Waals surface area contributed by atoms with Gasteiger partial charge in [0.25, 0.3) is 11.8 Å². The summed E-state index contributed by atoms with van der Waals surface area (Å²) in [4.78, 5) is 4.53. The first-order valence-corrected chi connectivity index (χ1v) is 9.44. The Kier molecular flexibility index (Phi) is 5.50. The smallest absolute Gasteiger partial charge is 0.274 e. The SMILES string of the molecule is CC[NH+](Cc1ccc(N(C)C)cc1)[C@@H](C)c1nnc(-c2cccs2)o1. The third-order valence-corrected chi connectivity index (χ3v) is 5.35. The molecule has 1 unspecified atom stereocenters. The van der Waals surface area contributed by atoms with Gasteiger partial charge in [-0.2, -0.15) is 0 Å². The van der Waals surface area contributed by atoms with Gasteiger partial charge < -0.3 is 14.2 Å². The second kappa shape index (κ2) is 7.80. The molecule has 0 bridgehead atoms. The van der Waals surface area contributed by atoms with Crippen LogP contribution in [0.15, 0.2) is 46.2 Å². The highest BCUT2D eigenvalue weighted by Crippen LogP contribution is 2.24. The van der Waals surface area contributed by atoms with Crippen LogP contribution in [0.25, 0.3) is 10.8 Å². The molecule has 2 aromatic heterocycles. The molecule has 0 saturated carbocycles. The largest absolute Gasteiger partial charge is 0.414 e. The van der Waals surface area contributed by atoms with Crippen LogP contribution in [0.4, 0.5) is 5.69 Å². The average Bonchev–Trinajstić information content (AvgIpc) is 3.30. The molecule has 3 rings (SSSR count). The molecule has 0 amide bonds. The van der Waals surface area contributed by atoms with Crippen molar-refractivity contribution in [1.82, 2.24) is 10.2 Å². The number of anilines is 1. The molecule has 0 aliphatic heterocycles. The van der Waals surface area contributed by atoms with E-state index < -0.39 is 0 Å². The summed E-state index contributed by atoms with van der Waals surface area (Å²) in [6.45, 7) is 6.27.